The van der Waals surface area contributed by atoms with E-state index in [4.69, 9.17) is 4.74 Å². The van der Waals surface area contributed by atoms with Crippen molar-refractivity contribution in [3.63, 3.8) is 0 Å². The van der Waals surface area contributed by atoms with Gasteiger partial charge in [-0.1, -0.05) is 60.7 Å². The van der Waals surface area contributed by atoms with Crippen molar-refractivity contribution in [2.24, 2.45) is 0 Å². The third-order valence-electron chi connectivity index (χ3n) is 4.03. The van der Waals surface area contributed by atoms with Crippen molar-refractivity contribution in [3.8, 4) is 0 Å². The van der Waals surface area contributed by atoms with Crippen LogP contribution in [0.15, 0.2) is 60.7 Å². The molecule has 0 fully saturated rings. The Bertz CT molecular complexity index is 740. The number of hydrogen-bond acceptors (Lipinski definition) is 1. The zero-order chi connectivity index (χ0) is 25.9. The molecule has 2 aromatic rings. The summed E-state index contributed by atoms with van der Waals surface area (Å²) in [5.74, 6) is 0. The number of halogens is 10. The topological polar surface area (TPSA) is 9.23 Å². The van der Waals surface area contributed by atoms with Gasteiger partial charge >= 0.3 is 111 Å². The number of ether oxygens (including phenoxy) is 1. The summed E-state index contributed by atoms with van der Waals surface area (Å²) < 4.78 is 119. The molecule has 1 nitrogen and oxygen atoms in total. The van der Waals surface area contributed by atoms with E-state index in [2.05, 4.69) is 24.3 Å². The van der Waals surface area contributed by atoms with Crippen molar-refractivity contribution in [2.45, 2.75) is 59.1 Å². The molecule has 0 amide bonds. The van der Waals surface area contributed by atoms with Crippen LogP contribution in [0.2, 0.25) is 0 Å². The first-order valence-corrected chi connectivity index (χ1v) is 12.8. The van der Waals surface area contributed by atoms with Crippen molar-refractivity contribution < 1.29 is 48.6 Å². The fourth-order valence-corrected chi connectivity index (χ4v) is 5.38. The van der Waals surface area contributed by atoms with E-state index in [9.17, 15) is 43.9 Å². The average Bonchev–Trinajstić information content (AvgIpc) is 2.72. The molecule has 0 bridgehead atoms. The molecular formula is C22H22F10OSn. The molecule has 0 heterocycles. The van der Waals surface area contributed by atoms with E-state index in [1.54, 1.807) is 0 Å². The maximum absolute atomic E-state index is 12.9. The standard InChI is InChI=1S/C14H14O.2C4H4F5.Sn/c1-3-7-13(8-4-1)11-15-12-14-9-5-2-6-10-14;2*5-3(6)1-2-4(7,8)9;/h1-10H,11-12H2;2*1-2H2;. The first kappa shape index (κ1) is 30.5. The smallest absolute Gasteiger partial charge is 0.0721 e. The van der Waals surface area contributed by atoms with Crippen LogP contribution in [0.4, 0.5) is 43.9 Å². The predicted molar refractivity (Wildman–Crippen MR) is 108 cm³/mol. The van der Waals surface area contributed by atoms with Gasteiger partial charge in [0.05, 0.1) is 13.2 Å². The van der Waals surface area contributed by atoms with Gasteiger partial charge in [-0.2, -0.15) is 0 Å². The van der Waals surface area contributed by atoms with Crippen LogP contribution in [0, 0.1) is 0 Å². The van der Waals surface area contributed by atoms with Crippen LogP contribution in [0.25, 0.3) is 0 Å². The quantitative estimate of drug-likeness (QED) is 0.196. The molecule has 0 N–H and O–H groups in total. The van der Waals surface area contributed by atoms with Crippen LogP contribution in [0.3, 0.4) is 0 Å². The van der Waals surface area contributed by atoms with Gasteiger partial charge in [0.1, 0.15) is 0 Å². The second-order valence-electron chi connectivity index (χ2n) is 7.23. The molecule has 190 valence electrons. The second kappa shape index (κ2) is 13.6. The molecule has 0 aliphatic carbocycles. The van der Waals surface area contributed by atoms with Crippen molar-refractivity contribution in [2.75, 3.05) is 0 Å². The number of hydrogen-bond donors (Lipinski definition) is 0. The normalized spacial score (nSPS) is 12.8. The van der Waals surface area contributed by atoms with Gasteiger partial charge in [-0.15, -0.1) is 0 Å². The maximum Gasteiger partial charge on any atom is 0.0721 e. The third-order valence-corrected chi connectivity index (χ3v) is 7.55. The minimum atomic E-state index is -4.91. The van der Waals surface area contributed by atoms with E-state index in [0.29, 0.717) is 13.2 Å². The Morgan fingerprint density at radius 3 is 1.12 bits per heavy atom. The third kappa shape index (κ3) is 16.2. The SMILES string of the molecule is FC(F)(F)CC[C](F)(F)[Sn][C](F)(F)CCC(F)(F)F.c1ccc(COCc2ccccc2)cc1. The van der Waals surface area contributed by atoms with E-state index in [1.165, 1.54) is 11.1 Å². The molecule has 0 aliphatic rings. The summed E-state index contributed by atoms with van der Waals surface area (Å²) in [7, 11) is 0. The Morgan fingerprint density at radius 2 is 0.824 bits per heavy atom. The number of alkyl halides is 10. The van der Waals surface area contributed by atoms with E-state index in [0.717, 1.165) is 0 Å². The molecule has 12 heteroatoms. The first-order chi connectivity index (χ1) is 15.6. The summed E-state index contributed by atoms with van der Waals surface area (Å²) in [4.78, 5) is 0. The molecule has 2 rings (SSSR count). The molecule has 2 radical (unpaired) electrons. The second-order valence-corrected chi connectivity index (χ2v) is 12.1. The van der Waals surface area contributed by atoms with Crippen molar-refractivity contribution in [3.05, 3.63) is 71.8 Å². The molecule has 0 atom stereocenters. The predicted octanol–water partition coefficient (Wildman–Crippen LogP) is 7.96. The van der Waals surface area contributed by atoms with Crippen LogP contribution >= 0.6 is 0 Å². The minimum Gasteiger partial charge on any atom is -0.372 e. The Kier molecular flexibility index (Phi) is 12.2. The average molecular weight is 611 g/mol. The van der Waals surface area contributed by atoms with Crippen LogP contribution in [-0.2, 0) is 18.0 Å². The van der Waals surface area contributed by atoms with Crippen molar-refractivity contribution in [1.82, 2.24) is 0 Å². The van der Waals surface area contributed by atoms with E-state index < -0.39 is 67.1 Å². The minimum absolute atomic E-state index is 0.676. The van der Waals surface area contributed by atoms with E-state index in [1.807, 2.05) is 36.4 Å². The first-order valence-electron chi connectivity index (χ1n) is 9.91. The van der Waals surface area contributed by atoms with Gasteiger partial charge in [-0.25, -0.2) is 0 Å². The number of benzene rings is 2. The summed E-state index contributed by atoms with van der Waals surface area (Å²) in [6.07, 6.45) is -17.3. The zero-order valence-electron chi connectivity index (χ0n) is 17.7. The van der Waals surface area contributed by atoms with E-state index in [-0.39, 0.29) is 0 Å². The molecule has 2 aromatic carbocycles. The molecule has 0 aromatic heterocycles. The van der Waals surface area contributed by atoms with Gasteiger partial charge in [0, 0.05) is 0 Å². The summed E-state index contributed by atoms with van der Waals surface area (Å²) in [5.41, 5.74) is 2.43. The van der Waals surface area contributed by atoms with Crippen LogP contribution in [0.5, 0.6) is 0 Å². The van der Waals surface area contributed by atoms with Gasteiger partial charge in [0.25, 0.3) is 0 Å². The molecule has 0 saturated heterocycles. The number of rotatable bonds is 10. The Morgan fingerprint density at radius 1 is 0.500 bits per heavy atom. The molecule has 0 aliphatic heterocycles. The summed E-state index contributed by atoms with van der Waals surface area (Å²) >= 11 is -4.05. The fourth-order valence-electron chi connectivity index (χ4n) is 2.43. The fraction of sp³-hybridized carbons (Fsp3) is 0.455. The van der Waals surface area contributed by atoms with Crippen LogP contribution in [-0.4, -0.2) is 41.4 Å². The van der Waals surface area contributed by atoms with Gasteiger partial charge in [0.15, 0.2) is 0 Å². The summed E-state index contributed by atoms with van der Waals surface area (Å²) in [5, 5.41) is 0. The Hall–Kier alpha value is -1.50. The summed E-state index contributed by atoms with van der Waals surface area (Å²) in [6, 6.07) is 20.4. The Balaban J connectivity index is 0.000000347. The molecule has 0 spiro atoms. The van der Waals surface area contributed by atoms with Crippen molar-refractivity contribution >= 4 is 21.1 Å². The molecule has 34 heavy (non-hydrogen) atoms. The van der Waals surface area contributed by atoms with Crippen LogP contribution in [0.1, 0.15) is 36.8 Å². The zero-order valence-corrected chi connectivity index (χ0v) is 20.6. The van der Waals surface area contributed by atoms with Crippen molar-refractivity contribution in [1.29, 1.82) is 0 Å². The Labute approximate surface area is 200 Å². The maximum atomic E-state index is 12.9. The van der Waals surface area contributed by atoms with Gasteiger partial charge < -0.3 is 4.74 Å². The van der Waals surface area contributed by atoms with Gasteiger partial charge in [0.2, 0.25) is 0 Å². The molecule has 0 saturated carbocycles. The summed E-state index contributed by atoms with van der Waals surface area (Å²) in [6.45, 7) is 1.35. The monoisotopic (exact) mass is 612 g/mol. The largest absolute Gasteiger partial charge is 0.372 e. The van der Waals surface area contributed by atoms with Gasteiger partial charge in [-0.05, 0) is 11.1 Å². The van der Waals surface area contributed by atoms with Gasteiger partial charge in [-0.3, -0.25) is 0 Å². The van der Waals surface area contributed by atoms with E-state index >= 15 is 0 Å². The van der Waals surface area contributed by atoms with Crippen LogP contribution < -0.4 is 0 Å². The molecule has 0 unspecified atom stereocenters. The molecular weight excluding hydrogens is 589 g/mol.